The number of fused-ring (bicyclic) bond motifs is 1. The molecule has 0 spiro atoms. The monoisotopic (exact) mass is 330 g/mol. The van der Waals surface area contributed by atoms with E-state index in [1.165, 1.54) is 0 Å². The molecule has 0 atom stereocenters. The molecule has 6 nitrogen and oxygen atoms in total. The molecule has 2 N–H and O–H groups in total. The first-order valence-corrected chi connectivity index (χ1v) is 7.96. The Kier molecular flexibility index (Phi) is 3.57. The Hall–Kier alpha value is -3.41. The highest BCUT2D eigenvalue weighted by Gasteiger charge is 2.07. The molecule has 0 radical (unpaired) electrons. The summed E-state index contributed by atoms with van der Waals surface area (Å²) in [6.07, 6.45) is 11.5. The summed E-state index contributed by atoms with van der Waals surface area (Å²) in [5.74, 6) is 0. The molecule has 0 saturated heterocycles. The van der Waals surface area contributed by atoms with Crippen LogP contribution in [0.2, 0.25) is 0 Å². The van der Waals surface area contributed by atoms with Crippen molar-refractivity contribution in [3.63, 3.8) is 0 Å². The third-order valence-electron chi connectivity index (χ3n) is 4.24. The maximum atomic E-state index is 4.42. The van der Waals surface area contributed by atoms with E-state index >= 15 is 0 Å². The van der Waals surface area contributed by atoms with Crippen LogP contribution < -0.4 is 10.6 Å². The summed E-state index contributed by atoms with van der Waals surface area (Å²) in [7, 11) is 1.91. The van der Waals surface area contributed by atoms with Crippen molar-refractivity contribution in [1.82, 2.24) is 29.9 Å². The number of aryl methyl sites for hydroxylation is 1. The first-order chi connectivity index (χ1) is 12.1. The van der Waals surface area contributed by atoms with Crippen LogP contribution in [0.1, 0.15) is 12.5 Å². The van der Waals surface area contributed by atoms with Gasteiger partial charge < -0.3 is 4.98 Å². The fourth-order valence-electron chi connectivity index (χ4n) is 2.77. The normalized spacial score (nSPS) is 13.0. The second-order valence-corrected chi connectivity index (χ2v) is 6.03. The highest BCUT2D eigenvalue weighted by Crippen LogP contribution is 2.19. The third-order valence-corrected chi connectivity index (χ3v) is 4.24. The summed E-state index contributed by atoms with van der Waals surface area (Å²) < 4.78 is 1.79. The Labute approximate surface area is 144 Å². The van der Waals surface area contributed by atoms with Crippen LogP contribution in [0.3, 0.4) is 0 Å². The highest BCUT2D eigenvalue weighted by molar-refractivity contribution is 5.84. The molecule has 0 fully saturated rings. The van der Waals surface area contributed by atoms with E-state index in [0.29, 0.717) is 0 Å². The van der Waals surface area contributed by atoms with Crippen molar-refractivity contribution in [3.05, 3.63) is 59.1 Å². The first kappa shape index (κ1) is 15.1. The van der Waals surface area contributed by atoms with Gasteiger partial charge in [0.1, 0.15) is 5.69 Å². The SMILES string of the molecule is C=c1c(-c2cc3cnccc3[nH]2)n[nH]/c1=C/C=C(\C)c1cnn(C)c1. The average Bonchev–Trinajstić information content (AvgIpc) is 3.30. The van der Waals surface area contributed by atoms with E-state index in [0.717, 1.165) is 44.0 Å². The lowest BCUT2D eigenvalue weighted by Gasteiger charge is -1.92. The molecule has 0 aliphatic carbocycles. The zero-order chi connectivity index (χ0) is 17.4. The second kappa shape index (κ2) is 5.90. The summed E-state index contributed by atoms with van der Waals surface area (Å²) in [6, 6.07) is 3.98. The quantitative estimate of drug-likeness (QED) is 0.603. The van der Waals surface area contributed by atoms with Crippen molar-refractivity contribution in [2.24, 2.45) is 7.05 Å². The molecule has 4 heterocycles. The Balaban J connectivity index is 1.72. The lowest BCUT2D eigenvalue weighted by atomic mass is 10.1. The summed E-state index contributed by atoms with van der Waals surface area (Å²) in [5.41, 5.74) is 4.99. The number of rotatable bonds is 3. The van der Waals surface area contributed by atoms with E-state index in [1.807, 2.05) is 49.9 Å². The summed E-state index contributed by atoms with van der Waals surface area (Å²) in [6.45, 7) is 6.23. The molecule has 25 heavy (non-hydrogen) atoms. The van der Waals surface area contributed by atoms with E-state index in [-0.39, 0.29) is 0 Å². The average molecular weight is 330 g/mol. The molecule has 4 aromatic rings. The van der Waals surface area contributed by atoms with Gasteiger partial charge in [0.2, 0.25) is 0 Å². The Morgan fingerprint density at radius 3 is 2.96 bits per heavy atom. The van der Waals surface area contributed by atoms with Gasteiger partial charge in [0.25, 0.3) is 0 Å². The van der Waals surface area contributed by atoms with E-state index in [2.05, 4.69) is 38.8 Å². The number of nitrogens with zero attached hydrogens (tertiary/aromatic N) is 4. The van der Waals surface area contributed by atoms with Crippen LogP contribution in [0.15, 0.2) is 43.0 Å². The fraction of sp³-hybridized carbons (Fsp3) is 0.105. The van der Waals surface area contributed by atoms with E-state index in [1.54, 1.807) is 10.9 Å². The van der Waals surface area contributed by atoms with Gasteiger partial charge in [0.15, 0.2) is 0 Å². The van der Waals surface area contributed by atoms with Crippen molar-refractivity contribution in [1.29, 1.82) is 0 Å². The predicted molar refractivity (Wildman–Crippen MR) is 99.8 cm³/mol. The van der Waals surface area contributed by atoms with Gasteiger partial charge in [-0.3, -0.25) is 14.8 Å². The van der Waals surface area contributed by atoms with E-state index < -0.39 is 0 Å². The predicted octanol–water partition coefficient (Wildman–Crippen LogP) is 1.98. The molecule has 0 aliphatic heterocycles. The summed E-state index contributed by atoms with van der Waals surface area (Å²) in [4.78, 5) is 7.50. The van der Waals surface area contributed by atoms with Gasteiger partial charge in [-0.2, -0.15) is 10.2 Å². The molecule has 0 unspecified atom stereocenters. The minimum atomic E-state index is 0.815. The molecule has 0 saturated carbocycles. The van der Waals surface area contributed by atoms with Crippen molar-refractivity contribution in [2.45, 2.75) is 6.92 Å². The van der Waals surface area contributed by atoms with Crippen LogP contribution in [-0.2, 0) is 7.05 Å². The Morgan fingerprint density at radius 2 is 2.20 bits per heavy atom. The van der Waals surface area contributed by atoms with Crippen molar-refractivity contribution < 1.29 is 0 Å². The van der Waals surface area contributed by atoms with Gasteiger partial charge in [0, 0.05) is 47.3 Å². The molecule has 0 amide bonds. The molecule has 0 bridgehead atoms. The van der Waals surface area contributed by atoms with Gasteiger partial charge >= 0.3 is 0 Å². The summed E-state index contributed by atoms with van der Waals surface area (Å²) >= 11 is 0. The Bertz CT molecular complexity index is 1160. The maximum absolute atomic E-state index is 4.42. The molecule has 4 aromatic heterocycles. The van der Waals surface area contributed by atoms with Crippen LogP contribution in [0, 0.1) is 0 Å². The van der Waals surface area contributed by atoms with Crippen LogP contribution in [0.25, 0.3) is 40.5 Å². The van der Waals surface area contributed by atoms with Gasteiger partial charge in [-0.05, 0) is 30.7 Å². The van der Waals surface area contributed by atoms with Crippen LogP contribution in [0.4, 0.5) is 0 Å². The molecule has 0 aliphatic rings. The van der Waals surface area contributed by atoms with Crippen molar-refractivity contribution in [2.75, 3.05) is 0 Å². The molecule has 124 valence electrons. The lowest BCUT2D eigenvalue weighted by Crippen LogP contribution is -2.21. The van der Waals surface area contributed by atoms with Gasteiger partial charge in [-0.25, -0.2) is 0 Å². The number of hydrogen-bond donors (Lipinski definition) is 2. The number of aromatic amines is 2. The van der Waals surface area contributed by atoms with Crippen molar-refractivity contribution in [3.8, 4) is 11.4 Å². The standard InChI is InChI=1S/C19H18N6/c1-12(15-10-21-25(3)11-15)4-5-16-13(2)19(24-23-16)18-8-14-9-20-7-6-17(14)22-18/h4-11,22-23H,2H2,1,3H3/b12-4+,16-5+. The number of pyridine rings is 1. The number of aromatic nitrogens is 6. The van der Waals surface area contributed by atoms with E-state index in [4.69, 9.17) is 0 Å². The maximum Gasteiger partial charge on any atom is 0.116 e. The van der Waals surface area contributed by atoms with Crippen molar-refractivity contribution >= 4 is 29.1 Å². The van der Waals surface area contributed by atoms with Crippen LogP contribution >= 0.6 is 0 Å². The minimum absolute atomic E-state index is 0.815. The fourth-order valence-corrected chi connectivity index (χ4v) is 2.77. The van der Waals surface area contributed by atoms with Gasteiger partial charge in [-0.1, -0.05) is 12.7 Å². The topological polar surface area (TPSA) is 75.2 Å². The van der Waals surface area contributed by atoms with Crippen LogP contribution in [0.5, 0.6) is 0 Å². The lowest BCUT2D eigenvalue weighted by molar-refractivity contribution is 0.767. The molecule has 4 rings (SSSR count). The van der Waals surface area contributed by atoms with Crippen LogP contribution in [-0.4, -0.2) is 29.9 Å². The molecular formula is C19H18N6. The first-order valence-electron chi connectivity index (χ1n) is 7.96. The number of allylic oxidation sites excluding steroid dienone is 2. The zero-order valence-electron chi connectivity index (χ0n) is 14.1. The van der Waals surface area contributed by atoms with Gasteiger partial charge in [-0.15, -0.1) is 0 Å². The molecule has 6 heteroatoms. The molecular weight excluding hydrogens is 312 g/mol. The number of hydrogen-bond acceptors (Lipinski definition) is 3. The largest absolute Gasteiger partial charge is 0.353 e. The zero-order valence-corrected chi connectivity index (χ0v) is 14.1. The van der Waals surface area contributed by atoms with E-state index in [9.17, 15) is 0 Å². The summed E-state index contributed by atoms with van der Waals surface area (Å²) in [5, 5.41) is 14.5. The Morgan fingerprint density at radius 1 is 1.32 bits per heavy atom. The number of nitrogens with one attached hydrogen (secondary N) is 2. The molecule has 0 aromatic carbocycles. The number of H-pyrrole nitrogens is 2. The second-order valence-electron chi connectivity index (χ2n) is 6.03. The van der Waals surface area contributed by atoms with Gasteiger partial charge in [0.05, 0.1) is 17.2 Å². The third kappa shape index (κ3) is 2.78. The smallest absolute Gasteiger partial charge is 0.116 e. The minimum Gasteiger partial charge on any atom is -0.353 e. The highest BCUT2D eigenvalue weighted by atomic mass is 15.2.